The van der Waals surface area contributed by atoms with Gasteiger partial charge in [-0.1, -0.05) is 43.9 Å². The van der Waals surface area contributed by atoms with Gasteiger partial charge in [0, 0.05) is 22.3 Å². The maximum Gasteiger partial charge on any atom is 0.190 e. The van der Waals surface area contributed by atoms with Gasteiger partial charge in [-0.05, 0) is 38.2 Å². The number of rotatable bonds is 1. The van der Waals surface area contributed by atoms with Gasteiger partial charge in [-0.25, -0.2) is 0 Å². The van der Waals surface area contributed by atoms with E-state index in [4.69, 9.17) is 0 Å². The van der Waals surface area contributed by atoms with Crippen molar-refractivity contribution in [2.75, 3.05) is 0 Å². The van der Waals surface area contributed by atoms with Crippen molar-refractivity contribution >= 4 is 11.6 Å². The molecule has 0 N–H and O–H groups in total. The van der Waals surface area contributed by atoms with Crippen LogP contribution in [0.5, 0.6) is 0 Å². The van der Waals surface area contributed by atoms with Crippen LogP contribution in [0.25, 0.3) is 0 Å². The molecule has 2 aliphatic rings. The van der Waals surface area contributed by atoms with Crippen molar-refractivity contribution in [1.82, 2.24) is 0 Å². The summed E-state index contributed by atoms with van der Waals surface area (Å²) in [5.41, 5.74) is 3.69. The summed E-state index contributed by atoms with van der Waals surface area (Å²) in [7, 11) is 0. The Morgan fingerprint density at radius 2 is 1.67 bits per heavy atom. The lowest BCUT2D eigenvalue weighted by atomic mass is 9.70. The van der Waals surface area contributed by atoms with E-state index in [1.54, 1.807) is 6.07 Å². The zero-order chi connectivity index (χ0) is 15.1. The number of carbonyl (C=O) groups is 2. The van der Waals surface area contributed by atoms with Crippen LogP contribution in [0.2, 0.25) is 0 Å². The van der Waals surface area contributed by atoms with Gasteiger partial charge in [0.15, 0.2) is 11.6 Å². The molecule has 2 aliphatic carbocycles. The Morgan fingerprint density at radius 3 is 2.38 bits per heavy atom. The first-order valence-electron chi connectivity index (χ1n) is 7.91. The Balaban J connectivity index is 2.10. The zero-order valence-electron chi connectivity index (χ0n) is 13.0. The number of benzene rings is 1. The molecule has 3 rings (SSSR count). The van der Waals surface area contributed by atoms with E-state index in [0.717, 1.165) is 30.4 Å². The molecule has 0 aliphatic heterocycles. The van der Waals surface area contributed by atoms with Gasteiger partial charge in [0.1, 0.15) is 0 Å². The molecule has 2 nitrogen and oxygen atoms in total. The van der Waals surface area contributed by atoms with Crippen LogP contribution < -0.4 is 0 Å². The number of Topliss-reactive ketones (excluding diaryl/α,β-unsaturated/α-hetero) is 2. The summed E-state index contributed by atoms with van der Waals surface area (Å²) in [6, 6.07) is 5.58. The number of hydrogen-bond acceptors (Lipinski definition) is 2. The van der Waals surface area contributed by atoms with Gasteiger partial charge in [0.2, 0.25) is 0 Å². The standard InChI is InChI=1S/C19H22O2/c1-11-8-9-15-16(10-11)19(21)17(13(3)18(15)20)14-7-5-4-6-12(14)2/h8-10,12,14H,4-7H2,1-3H3. The highest BCUT2D eigenvalue weighted by atomic mass is 16.1. The van der Waals surface area contributed by atoms with Crippen LogP contribution >= 0.6 is 0 Å². The van der Waals surface area contributed by atoms with Gasteiger partial charge in [0.25, 0.3) is 0 Å². The monoisotopic (exact) mass is 282 g/mol. The largest absolute Gasteiger partial charge is 0.289 e. The number of aryl methyl sites for hydroxylation is 1. The summed E-state index contributed by atoms with van der Waals surface area (Å²) >= 11 is 0. The second kappa shape index (κ2) is 5.25. The van der Waals surface area contributed by atoms with Crippen LogP contribution in [0, 0.1) is 18.8 Å². The first-order chi connectivity index (χ1) is 10.0. The molecular formula is C19H22O2. The van der Waals surface area contributed by atoms with Crippen molar-refractivity contribution in [2.24, 2.45) is 11.8 Å². The van der Waals surface area contributed by atoms with Gasteiger partial charge in [-0.3, -0.25) is 9.59 Å². The van der Waals surface area contributed by atoms with Crippen LogP contribution in [-0.4, -0.2) is 11.6 Å². The Labute approximate surface area is 126 Å². The topological polar surface area (TPSA) is 34.1 Å². The minimum atomic E-state index is 0.0392. The van der Waals surface area contributed by atoms with E-state index >= 15 is 0 Å². The van der Waals surface area contributed by atoms with E-state index in [-0.39, 0.29) is 17.5 Å². The zero-order valence-corrected chi connectivity index (χ0v) is 13.0. The van der Waals surface area contributed by atoms with Crippen LogP contribution in [0.4, 0.5) is 0 Å². The summed E-state index contributed by atoms with van der Waals surface area (Å²) in [6.45, 7) is 6.01. The molecule has 0 heterocycles. The maximum atomic E-state index is 13.0. The van der Waals surface area contributed by atoms with Crippen LogP contribution in [0.3, 0.4) is 0 Å². The van der Waals surface area contributed by atoms with Crippen molar-refractivity contribution in [3.63, 3.8) is 0 Å². The molecule has 0 spiro atoms. The number of ketones is 2. The Morgan fingerprint density at radius 1 is 0.952 bits per heavy atom. The van der Waals surface area contributed by atoms with Crippen LogP contribution in [-0.2, 0) is 0 Å². The van der Waals surface area contributed by atoms with Gasteiger partial charge < -0.3 is 0 Å². The van der Waals surface area contributed by atoms with Gasteiger partial charge in [-0.2, -0.15) is 0 Å². The predicted molar refractivity (Wildman–Crippen MR) is 83.7 cm³/mol. The minimum absolute atomic E-state index is 0.0392. The minimum Gasteiger partial charge on any atom is -0.289 e. The second-order valence-corrected chi connectivity index (χ2v) is 6.61. The van der Waals surface area contributed by atoms with E-state index in [1.165, 1.54) is 6.42 Å². The molecule has 0 aromatic heterocycles. The Kier molecular flexibility index (Phi) is 3.56. The molecule has 1 fully saturated rings. The number of carbonyl (C=O) groups excluding carboxylic acids is 2. The normalized spacial score (nSPS) is 26.0. The molecule has 1 aromatic rings. The van der Waals surface area contributed by atoms with E-state index in [1.807, 2.05) is 26.0 Å². The Bertz CT molecular complexity index is 652. The third-order valence-corrected chi connectivity index (χ3v) is 5.14. The highest BCUT2D eigenvalue weighted by Crippen LogP contribution is 2.40. The van der Waals surface area contributed by atoms with E-state index in [9.17, 15) is 9.59 Å². The average molecular weight is 282 g/mol. The maximum absolute atomic E-state index is 13.0. The quantitative estimate of drug-likeness (QED) is 0.759. The summed E-state index contributed by atoms with van der Waals surface area (Å²) in [5.74, 6) is 0.873. The molecular weight excluding hydrogens is 260 g/mol. The summed E-state index contributed by atoms with van der Waals surface area (Å²) < 4.78 is 0. The highest BCUT2D eigenvalue weighted by molar-refractivity contribution is 6.26. The first kappa shape index (κ1) is 14.2. The van der Waals surface area contributed by atoms with Crippen molar-refractivity contribution in [3.8, 4) is 0 Å². The van der Waals surface area contributed by atoms with Crippen molar-refractivity contribution < 1.29 is 9.59 Å². The Hall–Kier alpha value is -1.70. The molecule has 1 saturated carbocycles. The molecule has 0 radical (unpaired) electrons. The second-order valence-electron chi connectivity index (χ2n) is 6.61. The molecule has 2 unspecified atom stereocenters. The summed E-state index contributed by atoms with van der Waals surface area (Å²) in [6.07, 6.45) is 4.59. The SMILES string of the molecule is CC1=C(C2CCCCC2C)C(=O)c2cc(C)ccc2C1=O. The number of fused-ring (bicyclic) bond motifs is 1. The molecule has 21 heavy (non-hydrogen) atoms. The predicted octanol–water partition coefficient (Wildman–Crippen LogP) is 4.52. The fraction of sp³-hybridized carbons (Fsp3) is 0.474. The van der Waals surface area contributed by atoms with Gasteiger partial charge in [0.05, 0.1) is 0 Å². The molecule has 0 bridgehead atoms. The lowest BCUT2D eigenvalue weighted by Gasteiger charge is -2.33. The van der Waals surface area contributed by atoms with E-state index in [2.05, 4.69) is 6.92 Å². The molecule has 1 aromatic carbocycles. The van der Waals surface area contributed by atoms with E-state index in [0.29, 0.717) is 22.6 Å². The number of allylic oxidation sites excluding steroid dienone is 2. The fourth-order valence-corrected chi connectivity index (χ4v) is 3.88. The molecule has 2 atom stereocenters. The van der Waals surface area contributed by atoms with Gasteiger partial charge in [-0.15, -0.1) is 0 Å². The summed E-state index contributed by atoms with van der Waals surface area (Å²) in [5, 5.41) is 0. The summed E-state index contributed by atoms with van der Waals surface area (Å²) in [4.78, 5) is 25.6. The van der Waals surface area contributed by atoms with Gasteiger partial charge >= 0.3 is 0 Å². The average Bonchev–Trinajstić information content (AvgIpc) is 2.47. The van der Waals surface area contributed by atoms with Crippen LogP contribution in [0.15, 0.2) is 29.3 Å². The molecule has 0 saturated heterocycles. The van der Waals surface area contributed by atoms with E-state index < -0.39 is 0 Å². The lowest BCUT2D eigenvalue weighted by molar-refractivity contribution is 0.0953. The highest BCUT2D eigenvalue weighted by Gasteiger charge is 2.36. The smallest absolute Gasteiger partial charge is 0.190 e. The third kappa shape index (κ3) is 2.27. The third-order valence-electron chi connectivity index (χ3n) is 5.14. The molecule has 2 heteroatoms. The fourth-order valence-electron chi connectivity index (χ4n) is 3.88. The molecule has 110 valence electrons. The lowest BCUT2D eigenvalue weighted by Crippen LogP contribution is -2.30. The molecule has 0 amide bonds. The van der Waals surface area contributed by atoms with Crippen LogP contribution in [0.1, 0.15) is 65.8 Å². The first-order valence-corrected chi connectivity index (χ1v) is 7.91. The van der Waals surface area contributed by atoms with Crippen molar-refractivity contribution in [1.29, 1.82) is 0 Å². The van der Waals surface area contributed by atoms with Crippen molar-refractivity contribution in [3.05, 3.63) is 46.0 Å². The van der Waals surface area contributed by atoms with Crippen molar-refractivity contribution in [2.45, 2.75) is 46.5 Å². The number of hydrogen-bond donors (Lipinski definition) is 0.